The first kappa shape index (κ1) is 16.6. The topological polar surface area (TPSA) is 74.8 Å². The van der Waals surface area contributed by atoms with Gasteiger partial charge in [-0.2, -0.15) is 0 Å². The van der Waals surface area contributed by atoms with Crippen LogP contribution in [0.2, 0.25) is 0 Å². The van der Waals surface area contributed by atoms with Gasteiger partial charge in [0.2, 0.25) is 5.91 Å². The number of carbonyl (C=O) groups excluding carboxylic acids is 1. The first-order valence-corrected chi connectivity index (χ1v) is 8.84. The molecule has 1 fully saturated rings. The van der Waals surface area contributed by atoms with E-state index in [0.29, 0.717) is 11.8 Å². The van der Waals surface area contributed by atoms with Gasteiger partial charge in [-0.1, -0.05) is 13.8 Å². The molecule has 0 atom stereocenters. The maximum Gasteiger partial charge on any atom is 0.225 e. The first-order valence-electron chi connectivity index (χ1n) is 8.84. The number of aromatic nitrogens is 4. The van der Waals surface area contributed by atoms with Crippen LogP contribution in [-0.4, -0.2) is 43.8 Å². The Morgan fingerprint density at radius 3 is 2.50 bits per heavy atom. The Morgan fingerprint density at radius 1 is 1.17 bits per heavy atom. The molecule has 0 aromatic carbocycles. The van der Waals surface area contributed by atoms with Crippen molar-refractivity contribution in [2.24, 2.45) is 5.92 Å². The van der Waals surface area contributed by atoms with Crippen LogP contribution in [0.1, 0.15) is 51.1 Å². The lowest BCUT2D eigenvalue weighted by atomic mass is 9.90. The van der Waals surface area contributed by atoms with Crippen molar-refractivity contribution in [2.75, 3.05) is 13.1 Å². The number of carbonyl (C=O) groups is 1. The molecule has 3 rings (SSSR count). The van der Waals surface area contributed by atoms with E-state index in [9.17, 15) is 4.79 Å². The van der Waals surface area contributed by atoms with E-state index in [-0.39, 0.29) is 5.92 Å². The molecule has 0 spiro atoms. The lowest BCUT2D eigenvalue weighted by molar-refractivity contribution is -0.136. The summed E-state index contributed by atoms with van der Waals surface area (Å²) in [6, 6.07) is 0. The number of hydrogen-bond acceptors (Lipinski definition) is 4. The Hall–Kier alpha value is -2.24. The van der Waals surface area contributed by atoms with Crippen LogP contribution in [-0.2, 0) is 4.79 Å². The summed E-state index contributed by atoms with van der Waals surface area (Å²) < 4.78 is 0. The SMILES string of the molecule is CCC(CC)C(=O)N1CCC(c2nccnc2-c2ncc[nH]2)CC1. The number of nitrogens with zero attached hydrogens (tertiary/aromatic N) is 4. The highest BCUT2D eigenvalue weighted by Crippen LogP contribution is 2.32. The van der Waals surface area contributed by atoms with Gasteiger partial charge in [-0.15, -0.1) is 0 Å². The number of likely N-dealkylation sites (tertiary alicyclic amines) is 1. The maximum absolute atomic E-state index is 12.5. The minimum atomic E-state index is 0.164. The fourth-order valence-corrected chi connectivity index (χ4v) is 3.49. The monoisotopic (exact) mass is 327 g/mol. The largest absolute Gasteiger partial charge is 0.343 e. The van der Waals surface area contributed by atoms with Crippen LogP contribution >= 0.6 is 0 Å². The van der Waals surface area contributed by atoms with Crippen LogP contribution < -0.4 is 0 Å². The zero-order valence-corrected chi connectivity index (χ0v) is 14.4. The molecule has 1 saturated heterocycles. The molecule has 0 aliphatic carbocycles. The lowest BCUT2D eigenvalue weighted by Crippen LogP contribution is -2.41. The van der Waals surface area contributed by atoms with E-state index in [1.165, 1.54) is 0 Å². The number of imidazole rings is 1. The zero-order chi connectivity index (χ0) is 16.9. The number of hydrogen-bond donors (Lipinski definition) is 1. The summed E-state index contributed by atoms with van der Waals surface area (Å²) in [6.07, 6.45) is 10.7. The quantitative estimate of drug-likeness (QED) is 0.916. The van der Waals surface area contributed by atoms with Gasteiger partial charge in [0, 0.05) is 49.7 Å². The van der Waals surface area contributed by atoms with Crippen LogP contribution in [0.15, 0.2) is 24.8 Å². The van der Waals surface area contributed by atoms with E-state index in [0.717, 1.165) is 56.0 Å². The molecule has 2 aromatic rings. The van der Waals surface area contributed by atoms with Gasteiger partial charge in [0.1, 0.15) is 5.69 Å². The third kappa shape index (κ3) is 3.32. The number of H-pyrrole nitrogens is 1. The molecule has 2 aromatic heterocycles. The van der Waals surface area contributed by atoms with Crippen molar-refractivity contribution >= 4 is 5.91 Å². The number of amides is 1. The molecule has 0 radical (unpaired) electrons. The van der Waals surface area contributed by atoms with Crippen molar-refractivity contribution < 1.29 is 4.79 Å². The Morgan fingerprint density at radius 2 is 1.88 bits per heavy atom. The van der Waals surface area contributed by atoms with Crippen molar-refractivity contribution in [3.63, 3.8) is 0 Å². The highest BCUT2D eigenvalue weighted by Gasteiger charge is 2.29. The molecule has 6 nitrogen and oxygen atoms in total. The normalized spacial score (nSPS) is 15.9. The smallest absolute Gasteiger partial charge is 0.225 e. The summed E-state index contributed by atoms with van der Waals surface area (Å²) in [7, 11) is 0. The molecule has 6 heteroatoms. The maximum atomic E-state index is 12.5. The third-order valence-electron chi connectivity index (χ3n) is 4.98. The second-order valence-corrected chi connectivity index (χ2v) is 6.34. The van der Waals surface area contributed by atoms with Crippen LogP contribution in [0, 0.1) is 5.92 Å². The lowest BCUT2D eigenvalue weighted by Gasteiger charge is -2.34. The highest BCUT2D eigenvalue weighted by molar-refractivity contribution is 5.78. The Kier molecular flexibility index (Phi) is 5.23. The molecule has 1 aliphatic rings. The van der Waals surface area contributed by atoms with E-state index >= 15 is 0 Å². The van der Waals surface area contributed by atoms with Crippen molar-refractivity contribution in [3.05, 3.63) is 30.5 Å². The van der Waals surface area contributed by atoms with Gasteiger partial charge in [-0.3, -0.25) is 9.78 Å². The van der Waals surface area contributed by atoms with Crippen molar-refractivity contribution in [1.29, 1.82) is 0 Å². The van der Waals surface area contributed by atoms with E-state index in [4.69, 9.17) is 0 Å². The van der Waals surface area contributed by atoms with Crippen LogP contribution in [0.3, 0.4) is 0 Å². The molecule has 128 valence electrons. The summed E-state index contributed by atoms with van der Waals surface area (Å²) in [6.45, 7) is 5.78. The predicted octanol–water partition coefficient (Wildman–Crippen LogP) is 3.01. The third-order valence-corrected chi connectivity index (χ3v) is 4.98. The van der Waals surface area contributed by atoms with Gasteiger partial charge in [0.25, 0.3) is 0 Å². The molecule has 0 saturated carbocycles. The molecule has 1 aliphatic heterocycles. The van der Waals surface area contributed by atoms with Crippen molar-refractivity contribution in [3.8, 4) is 11.5 Å². The molecular formula is C18H25N5O. The molecular weight excluding hydrogens is 302 g/mol. The second kappa shape index (κ2) is 7.55. The average Bonchev–Trinajstić information content (AvgIpc) is 3.17. The standard InChI is InChI=1S/C18H25N5O/c1-3-13(4-2)18(24)23-11-5-14(6-12-23)15-16(20-8-7-19-15)17-21-9-10-22-17/h7-10,13-14H,3-6,11-12H2,1-2H3,(H,21,22). The molecule has 0 bridgehead atoms. The summed E-state index contributed by atoms with van der Waals surface area (Å²) in [5.74, 6) is 1.55. The molecule has 0 unspecified atom stereocenters. The van der Waals surface area contributed by atoms with Crippen LogP contribution in [0.4, 0.5) is 0 Å². The van der Waals surface area contributed by atoms with Gasteiger partial charge in [0.15, 0.2) is 5.82 Å². The predicted molar refractivity (Wildman–Crippen MR) is 92.2 cm³/mol. The van der Waals surface area contributed by atoms with E-state index < -0.39 is 0 Å². The van der Waals surface area contributed by atoms with Crippen molar-refractivity contribution in [2.45, 2.75) is 45.4 Å². The Bertz CT molecular complexity index is 658. The van der Waals surface area contributed by atoms with Gasteiger partial charge < -0.3 is 9.88 Å². The summed E-state index contributed by atoms with van der Waals surface area (Å²) in [5, 5.41) is 0. The summed E-state index contributed by atoms with van der Waals surface area (Å²) >= 11 is 0. The fourth-order valence-electron chi connectivity index (χ4n) is 3.49. The summed E-state index contributed by atoms with van der Waals surface area (Å²) in [4.78, 5) is 31.0. The highest BCUT2D eigenvalue weighted by atomic mass is 16.2. The number of rotatable bonds is 5. The van der Waals surface area contributed by atoms with E-state index in [2.05, 4.69) is 33.8 Å². The minimum Gasteiger partial charge on any atom is -0.343 e. The van der Waals surface area contributed by atoms with E-state index in [1.807, 2.05) is 4.90 Å². The van der Waals surface area contributed by atoms with Gasteiger partial charge in [-0.25, -0.2) is 9.97 Å². The Labute approximate surface area is 142 Å². The summed E-state index contributed by atoms with van der Waals surface area (Å²) in [5.41, 5.74) is 1.81. The molecule has 3 heterocycles. The minimum absolute atomic E-state index is 0.164. The number of piperidine rings is 1. The zero-order valence-electron chi connectivity index (χ0n) is 14.4. The van der Waals surface area contributed by atoms with Crippen molar-refractivity contribution in [1.82, 2.24) is 24.8 Å². The first-order chi connectivity index (χ1) is 11.7. The molecule has 1 N–H and O–H groups in total. The van der Waals surface area contributed by atoms with Crippen LogP contribution in [0.5, 0.6) is 0 Å². The number of nitrogens with one attached hydrogen (secondary N) is 1. The second-order valence-electron chi connectivity index (χ2n) is 6.34. The fraction of sp³-hybridized carbons (Fsp3) is 0.556. The number of aromatic amines is 1. The average molecular weight is 327 g/mol. The molecule has 24 heavy (non-hydrogen) atoms. The van der Waals surface area contributed by atoms with Gasteiger partial charge in [-0.05, 0) is 25.7 Å². The molecule has 1 amide bonds. The van der Waals surface area contributed by atoms with Crippen LogP contribution in [0.25, 0.3) is 11.5 Å². The Balaban J connectivity index is 1.71. The van der Waals surface area contributed by atoms with Gasteiger partial charge in [0.05, 0.1) is 5.69 Å². The van der Waals surface area contributed by atoms with E-state index in [1.54, 1.807) is 24.8 Å². The van der Waals surface area contributed by atoms with Gasteiger partial charge >= 0.3 is 0 Å².